The van der Waals surface area contributed by atoms with Gasteiger partial charge in [-0.1, -0.05) is 42.5 Å². The van der Waals surface area contributed by atoms with Crippen LogP contribution in [0.5, 0.6) is 5.75 Å². The van der Waals surface area contributed by atoms with Gasteiger partial charge in [-0.25, -0.2) is 8.42 Å². The predicted octanol–water partition coefficient (Wildman–Crippen LogP) is 7.92. The van der Waals surface area contributed by atoms with E-state index in [-0.39, 0.29) is 12.3 Å². The molecule has 0 aliphatic heterocycles. The number of rotatable bonds is 8. The zero-order valence-electron chi connectivity index (χ0n) is 25.1. The summed E-state index contributed by atoms with van der Waals surface area (Å²) in [7, 11) is -3.49. The Labute approximate surface area is 274 Å². The van der Waals surface area contributed by atoms with E-state index in [1.807, 2.05) is 18.2 Å². The number of benzene rings is 3. The van der Waals surface area contributed by atoms with Gasteiger partial charge >= 0.3 is 5.97 Å². The van der Waals surface area contributed by atoms with Gasteiger partial charge in [0.2, 0.25) is 10.0 Å². The van der Waals surface area contributed by atoms with Crippen LogP contribution in [-0.2, 0) is 39.1 Å². The van der Waals surface area contributed by atoms with E-state index < -0.39 is 21.6 Å². The molecule has 0 radical (unpaired) electrons. The van der Waals surface area contributed by atoms with Crippen LogP contribution >= 0.6 is 31.9 Å². The average Bonchev–Trinajstić information content (AvgIpc) is 3.50. The fourth-order valence-electron chi connectivity index (χ4n) is 4.61. The number of esters is 1. The van der Waals surface area contributed by atoms with Gasteiger partial charge in [0.25, 0.3) is 0 Å². The topological polar surface area (TPSA) is 104 Å². The summed E-state index contributed by atoms with van der Waals surface area (Å²) in [6.07, 6.45) is 7.97. The minimum absolute atomic E-state index is 0.0962. The lowest BCUT2D eigenvalue weighted by molar-refractivity contribution is -0.155. The molecular weight excluding hydrogens is 712 g/mol. The third-order valence-electron chi connectivity index (χ3n) is 6.43. The minimum Gasteiger partial charge on any atom is -0.488 e. The fraction of sp³-hybridized carbons (Fsp3) is 0.273. The number of Topliss-reactive ketones (excluding diaryl/α,β-unsaturated/α-hetero) is 1. The van der Waals surface area contributed by atoms with Crippen molar-refractivity contribution in [2.75, 3.05) is 11.0 Å². The maximum absolute atomic E-state index is 12.2. The van der Waals surface area contributed by atoms with Crippen LogP contribution in [0.25, 0.3) is 17.0 Å². The van der Waals surface area contributed by atoms with Gasteiger partial charge < -0.3 is 14.0 Å². The smallest absolute Gasteiger partial charge is 0.326 e. The second kappa shape index (κ2) is 13.7. The SMILES string of the molecule is Brc1cc2c(cc1OCc1ccccc1)C=CC2.CC(=O)c1cn(CC(=O)OC(C)(C)C)c2cc(NS(C)(=O)=O)c(Br)cc12. The first-order chi connectivity index (χ1) is 20.6. The van der Waals surface area contributed by atoms with Gasteiger partial charge in [0.05, 0.1) is 21.9 Å². The van der Waals surface area contributed by atoms with Crippen molar-refractivity contribution in [1.82, 2.24) is 4.57 Å². The number of aromatic nitrogens is 1. The van der Waals surface area contributed by atoms with Crippen LogP contribution in [-0.4, -0.2) is 36.6 Å². The molecule has 1 heterocycles. The number of fused-ring (bicyclic) bond motifs is 2. The number of sulfonamides is 1. The molecule has 4 aromatic rings. The Morgan fingerprint density at radius 3 is 2.36 bits per heavy atom. The summed E-state index contributed by atoms with van der Waals surface area (Å²) in [6, 6.07) is 17.7. The monoisotopic (exact) mass is 744 g/mol. The first kappa shape index (κ1) is 33.5. The number of hydrogen-bond donors (Lipinski definition) is 1. The summed E-state index contributed by atoms with van der Waals surface area (Å²) >= 11 is 6.88. The largest absolute Gasteiger partial charge is 0.488 e. The Morgan fingerprint density at radius 1 is 1.02 bits per heavy atom. The van der Waals surface area contributed by atoms with Gasteiger partial charge in [0.15, 0.2) is 5.78 Å². The lowest BCUT2D eigenvalue weighted by atomic mass is 10.1. The molecule has 1 aromatic heterocycles. The van der Waals surface area contributed by atoms with Crippen molar-refractivity contribution in [3.8, 4) is 5.75 Å². The third-order valence-corrected chi connectivity index (χ3v) is 8.30. The first-order valence-electron chi connectivity index (χ1n) is 13.8. The van der Waals surface area contributed by atoms with E-state index in [0.717, 1.165) is 22.9 Å². The molecule has 0 spiro atoms. The Bertz CT molecular complexity index is 1840. The highest BCUT2D eigenvalue weighted by atomic mass is 79.9. The van der Waals surface area contributed by atoms with Gasteiger partial charge in [-0.15, -0.1) is 0 Å². The number of ketones is 1. The van der Waals surface area contributed by atoms with Crippen molar-refractivity contribution < 1.29 is 27.5 Å². The van der Waals surface area contributed by atoms with Crippen molar-refractivity contribution in [2.45, 2.75) is 52.9 Å². The Balaban J connectivity index is 0.000000213. The molecule has 0 bridgehead atoms. The maximum Gasteiger partial charge on any atom is 0.326 e. The maximum atomic E-state index is 12.2. The molecule has 1 N–H and O–H groups in total. The van der Waals surface area contributed by atoms with E-state index in [9.17, 15) is 18.0 Å². The molecule has 0 unspecified atom stereocenters. The van der Waals surface area contributed by atoms with E-state index in [1.54, 1.807) is 43.7 Å². The van der Waals surface area contributed by atoms with Gasteiger partial charge in [-0.3, -0.25) is 14.3 Å². The van der Waals surface area contributed by atoms with Crippen LogP contribution in [0, 0.1) is 0 Å². The number of nitrogens with one attached hydrogen (secondary N) is 1. The molecule has 0 saturated carbocycles. The van der Waals surface area contributed by atoms with Crippen molar-refractivity contribution in [1.29, 1.82) is 0 Å². The molecule has 232 valence electrons. The second-order valence-corrected chi connectivity index (χ2v) is 14.9. The number of allylic oxidation sites excluding steroid dienone is 1. The summed E-state index contributed by atoms with van der Waals surface area (Å²) in [4.78, 5) is 24.1. The summed E-state index contributed by atoms with van der Waals surface area (Å²) < 4.78 is 39.8. The molecule has 0 fully saturated rings. The van der Waals surface area contributed by atoms with Gasteiger partial charge in [0, 0.05) is 21.6 Å². The highest BCUT2D eigenvalue weighted by molar-refractivity contribution is 9.11. The number of nitrogens with zero attached hydrogens (tertiary/aromatic N) is 1. The van der Waals surface area contributed by atoms with Crippen molar-refractivity contribution >= 4 is 76.3 Å². The molecule has 0 saturated heterocycles. The second-order valence-electron chi connectivity index (χ2n) is 11.4. The van der Waals surface area contributed by atoms with Crippen LogP contribution in [0.3, 0.4) is 0 Å². The number of hydrogen-bond acceptors (Lipinski definition) is 6. The molecule has 0 atom stereocenters. The third kappa shape index (κ3) is 9.06. The predicted molar refractivity (Wildman–Crippen MR) is 182 cm³/mol. The number of carbonyl (C=O) groups excluding carboxylic acids is 2. The lowest BCUT2D eigenvalue weighted by Crippen LogP contribution is -2.26. The van der Waals surface area contributed by atoms with Crippen LogP contribution in [0.1, 0.15) is 54.7 Å². The number of anilines is 1. The summed E-state index contributed by atoms with van der Waals surface area (Å²) in [6.45, 7) is 7.24. The number of carbonyl (C=O) groups is 2. The molecule has 3 aromatic carbocycles. The average molecular weight is 747 g/mol. The van der Waals surface area contributed by atoms with Crippen molar-refractivity contribution in [2.24, 2.45) is 0 Å². The van der Waals surface area contributed by atoms with Crippen molar-refractivity contribution in [3.05, 3.63) is 98.1 Å². The Morgan fingerprint density at radius 2 is 1.73 bits per heavy atom. The first-order valence-corrected chi connectivity index (χ1v) is 17.3. The normalized spacial score (nSPS) is 12.3. The Kier molecular flexibility index (Phi) is 10.4. The number of ether oxygens (including phenoxy) is 2. The number of halogens is 2. The standard InChI is InChI=1S/C17H21BrN2O5S.C16H13BrO/c1-10(21)12-8-20(9-16(22)25-17(2,3)4)15-7-14(19-26(5,23)24)13(18)6-11(12)15;17-15-9-13-7-4-8-14(13)10-16(15)18-11-12-5-2-1-3-6-12/h6-8,19H,9H2,1-5H3;1-6,8-10H,7,11H2. The summed E-state index contributed by atoms with van der Waals surface area (Å²) in [5.41, 5.74) is 4.48. The van der Waals surface area contributed by atoms with E-state index in [1.165, 1.54) is 23.6 Å². The van der Waals surface area contributed by atoms with Crippen LogP contribution in [0.15, 0.2) is 75.8 Å². The molecule has 1 aliphatic carbocycles. The van der Waals surface area contributed by atoms with Gasteiger partial charge in [-0.05, 0) is 107 Å². The molecular formula is C33H34Br2N2O6S. The van der Waals surface area contributed by atoms with Crippen molar-refractivity contribution in [3.63, 3.8) is 0 Å². The van der Waals surface area contributed by atoms with E-state index in [4.69, 9.17) is 9.47 Å². The molecule has 11 heteroatoms. The fourth-order valence-corrected chi connectivity index (χ4v) is 6.26. The van der Waals surface area contributed by atoms with E-state index in [2.05, 4.69) is 73.0 Å². The minimum atomic E-state index is -3.49. The molecule has 1 aliphatic rings. The molecule has 5 rings (SSSR count). The molecule has 44 heavy (non-hydrogen) atoms. The van der Waals surface area contributed by atoms with Crippen LogP contribution in [0.4, 0.5) is 5.69 Å². The van der Waals surface area contributed by atoms with E-state index in [0.29, 0.717) is 33.2 Å². The Hall–Kier alpha value is -3.41. The van der Waals surface area contributed by atoms with E-state index >= 15 is 0 Å². The summed E-state index contributed by atoms with van der Waals surface area (Å²) in [5, 5.41) is 0.618. The highest BCUT2D eigenvalue weighted by Gasteiger charge is 2.21. The molecule has 0 amide bonds. The highest BCUT2D eigenvalue weighted by Crippen LogP contribution is 2.34. The summed E-state index contributed by atoms with van der Waals surface area (Å²) in [5.74, 6) is 0.294. The van der Waals surface area contributed by atoms with Crippen LogP contribution in [0.2, 0.25) is 0 Å². The van der Waals surface area contributed by atoms with Gasteiger partial charge in [-0.2, -0.15) is 0 Å². The zero-order chi connectivity index (χ0) is 32.2. The van der Waals surface area contributed by atoms with Gasteiger partial charge in [0.1, 0.15) is 24.5 Å². The van der Waals surface area contributed by atoms with Crippen LogP contribution < -0.4 is 9.46 Å². The lowest BCUT2D eigenvalue weighted by Gasteiger charge is -2.19. The quantitative estimate of drug-likeness (QED) is 0.145. The molecule has 8 nitrogen and oxygen atoms in total. The zero-order valence-corrected chi connectivity index (χ0v) is 29.1.